The summed E-state index contributed by atoms with van der Waals surface area (Å²) in [6, 6.07) is 9.80. The molecule has 1 aliphatic rings. The van der Waals surface area contributed by atoms with E-state index in [2.05, 4.69) is 6.07 Å². The Balaban J connectivity index is 2.04. The first-order chi connectivity index (χ1) is 11.2. The molecule has 0 spiro atoms. The van der Waals surface area contributed by atoms with Crippen molar-refractivity contribution >= 4 is 32.7 Å². The van der Waals surface area contributed by atoms with E-state index in [-0.39, 0.29) is 5.63 Å². The molecule has 2 aromatic heterocycles. The van der Waals surface area contributed by atoms with Crippen molar-refractivity contribution in [3.63, 3.8) is 0 Å². The minimum atomic E-state index is -0.285. The highest BCUT2D eigenvalue weighted by Crippen LogP contribution is 2.38. The van der Waals surface area contributed by atoms with E-state index >= 15 is 0 Å². The maximum atomic E-state index is 12.3. The zero-order valence-electron chi connectivity index (χ0n) is 12.9. The summed E-state index contributed by atoms with van der Waals surface area (Å²) >= 11 is 0. The standard InChI is InChI=1S/C20H16O3/c1-11-18-16(13-7-4-5-9-17(13)22-18)10-15-12-6-2-3-8-14(12)20(21)23-19(11)15/h2-3,6,8,10H,4-5,7,9H2,1H3. The molecule has 0 radical (unpaired) electrons. The Morgan fingerprint density at radius 1 is 0.870 bits per heavy atom. The molecule has 1 aliphatic carbocycles. The van der Waals surface area contributed by atoms with Gasteiger partial charge in [0.2, 0.25) is 0 Å². The lowest BCUT2D eigenvalue weighted by Crippen LogP contribution is -2.01. The van der Waals surface area contributed by atoms with Gasteiger partial charge in [0, 0.05) is 28.3 Å². The van der Waals surface area contributed by atoms with Gasteiger partial charge in [-0.05, 0) is 43.7 Å². The Kier molecular flexibility index (Phi) is 2.52. The van der Waals surface area contributed by atoms with Crippen LogP contribution in [0, 0.1) is 6.92 Å². The van der Waals surface area contributed by atoms with E-state index in [0.29, 0.717) is 11.0 Å². The Morgan fingerprint density at radius 3 is 2.48 bits per heavy atom. The summed E-state index contributed by atoms with van der Waals surface area (Å²) in [7, 11) is 0. The van der Waals surface area contributed by atoms with Gasteiger partial charge in [-0.25, -0.2) is 4.79 Å². The fourth-order valence-electron chi connectivity index (χ4n) is 3.91. The second-order valence-corrected chi connectivity index (χ2v) is 6.40. The van der Waals surface area contributed by atoms with Crippen LogP contribution in [0.3, 0.4) is 0 Å². The van der Waals surface area contributed by atoms with Crippen molar-refractivity contribution in [3.05, 3.63) is 57.6 Å². The highest BCUT2D eigenvalue weighted by Gasteiger charge is 2.21. The largest absolute Gasteiger partial charge is 0.460 e. The number of benzene rings is 2. The van der Waals surface area contributed by atoms with Gasteiger partial charge in [0.15, 0.2) is 0 Å². The normalized spacial score (nSPS) is 14.7. The summed E-state index contributed by atoms with van der Waals surface area (Å²) in [5.74, 6) is 1.11. The fourth-order valence-corrected chi connectivity index (χ4v) is 3.91. The fraction of sp³-hybridized carbons (Fsp3) is 0.250. The van der Waals surface area contributed by atoms with E-state index in [1.165, 1.54) is 23.8 Å². The number of aryl methyl sites for hydroxylation is 3. The minimum absolute atomic E-state index is 0.285. The van der Waals surface area contributed by atoms with E-state index in [4.69, 9.17) is 8.83 Å². The summed E-state index contributed by atoms with van der Waals surface area (Å²) < 4.78 is 11.7. The van der Waals surface area contributed by atoms with Crippen molar-refractivity contribution in [2.24, 2.45) is 0 Å². The van der Waals surface area contributed by atoms with Gasteiger partial charge in [0.05, 0.1) is 5.39 Å². The van der Waals surface area contributed by atoms with Crippen LogP contribution in [0.25, 0.3) is 32.7 Å². The minimum Gasteiger partial charge on any atom is -0.460 e. The Labute approximate surface area is 132 Å². The van der Waals surface area contributed by atoms with Crippen LogP contribution in [0.1, 0.15) is 29.7 Å². The lowest BCUT2D eigenvalue weighted by Gasteiger charge is -2.09. The van der Waals surface area contributed by atoms with Crippen molar-refractivity contribution in [1.82, 2.24) is 0 Å². The molecule has 0 fully saturated rings. The monoisotopic (exact) mass is 304 g/mol. The van der Waals surface area contributed by atoms with Crippen LogP contribution in [0.2, 0.25) is 0 Å². The molecule has 0 unspecified atom stereocenters. The molecule has 23 heavy (non-hydrogen) atoms. The van der Waals surface area contributed by atoms with Gasteiger partial charge in [-0.3, -0.25) is 0 Å². The summed E-state index contributed by atoms with van der Waals surface area (Å²) in [5.41, 5.74) is 3.50. The number of hydrogen-bond donors (Lipinski definition) is 0. The Morgan fingerprint density at radius 2 is 1.61 bits per heavy atom. The number of hydrogen-bond acceptors (Lipinski definition) is 3. The zero-order chi connectivity index (χ0) is 15.6. The molecule has 3 nitrogen and oxygen atoms in total. The van der Waals surface area contributed by atoms with Crippen molar-refractivity contribution < 1.29 is 8.83 Å². The second kappa shape index (κ2) is 4.48. The molecule has 4 aromatic rings. The second-order valence-electron chi connectivity index (χ2n) is 6.40. The van der Waals surface area contributed by atoms with E-state index < -0.39 is 0 Å². The highest BCUT2D eigenvalue weighted by molar-refractivity contribution is 6.10. The van der Waals surface area contributed by atoms with Crippen molar-refractivity contribution in [2.45, 2.75) is 32.6 Å². The molecule has 0 amide bonds. The van der Waals surface area contributed by atoms with Gasteiger partial charge in [-0.2, -0.15) is 0 Å². The number of rotatable bonds is 0. The van der Waals surface area contributed by atoms with Gasteiger partial charge >= 0.3 is 5.63 Å². The van der Waals surface area contributed by atoms with Crippen LogP contribution in [0.5, 0.6) is 0 Å². The van der Waals surface area contributed by atoms with Crippen molar-refractivity contribution in [1.29, 1.82) is 0 Å². The van der Waals surface area contributed by atoms with Gasteiger partial charge in [-0.15, -0.1) is 0 Å². The average molecular weight is 304 g/mol. The Hall–Kier alpha value is -2.55. The summed E-state index contributed by atoms with van der Waals surface area (Å²) in [5, 5.41) is 3.77. The third-order valence-electron chi connectivity index (χ3n) is 5.06. The van der Waals surface area contributed by atoms with Crippen LogP contribution in [-0.4, -0.2) is 0 Å². The molecule has 0 atom stereocenters. The molecule has 114 valence electrons. The molecule has 0 saturated heterocycles. The van der Waals surface area contributed by atoms with Gasteiger partial charge in [0.1, 0.15) is 16.9 Å². The molecule has 2 heterocycles. The van der Waals surface area contributed by atoms with Gasteiger partial charge in [0.25, 0.3) is 0 Å². The van der Waals surface area contributed by atoms with Crippen LogP contribution in [0.4, 0.5) is 0 Å². The number of fused-ring (bicyclic) bond motifs is 6. The van der Waals surface area contributed by atoms with Crippen LogP contribution in [0.15, 0.2) is 44.0 Å². The molecule has 0 saturated carbocycles. The Bertz CT molecular complexity index is 1140. The van der Waals surface area contributed by atoms with E-state index in [0.717, 1.165) is 40.5 Å². The summed E-state index contributed by atoms with van der Waals surface area (Å²) in [6.07, 6.45) is 4.47. The predicted octanol–water partition coefficient (Wildman–Crippen LogP) is 4.88. The first-order valence-electron chi connectivity index (χ1n) is 8.13. The third-order valence-corrected chi connectivity index (χ3v) is 5.06. The average Bonchev–Trinajstić information content (AvgIpc) is 2.96. The molecule has 5 rings (SSSR count). The highest BCUT2D eigenvalue weighted by atomic mass is 16.4. The lowest BCUT2D eigenvalue weighted by atomic mass is 9.94. The van der Waals surface area contributed by atoms with E-state index in [1.54, 1.807) is 0 Å². The van der Waals surface area contributed by atoms with Crippen LogP contribution >= 0.6 is 0 Å². The van der Waals surface area contributed by atoms with Crippen molar-refractivity contribution in [2.75, 3.05) is 0 Å². The van der Waals surface area contributed by atoms with Crippen molar-refractivity contribution in [3.8, 4) is 0 Å². The molecular formula is C20H16O3. The molecule has 0 bridgehead atoms. The lowest BCUT2D eigenvalue weighted by molar-refractivity contribution is 0.503. The predicted molar refractivity (Wildman–Crippen MR) is 91.1 cm³/mol. The van der Waals surface area contributed by atoms with Gasteiger partial charge < -0.3 is 8.83 Å². The van der Waals surface area contributed by atoms with Crippen LogP contribution < -0.4 is 5.63 Å². The maximum absolute atomic E-state index is 12.3. The number of furan rings is 1. The molecule has 2 aromatic carbocycles. The molecule has 0 N–H and O–H groups in total. The maximum Gasteiger partial charge on any atom is 0.344 e. The third kappa shape index (κ3) is 1.68. The van der Waals surface area contributed by atoms with Crippen LogP contribution in [-0.2, 0) is 12.8 Å². The first kappa shape index (κ1) is 12.9. The summed E-state index contributed by atoms with van der Waals surface area (Å²) in [6.45, 7) is 1.98. The first-order valence-corrected chi connectivity index (χ1v) is 8.13. The van der Waals surface area contributed by atoms with Gasteiger partial charge in [-0.1, -0.05) is 18.2 Å². The summed E-state index contributed by atoms with van der Waals surface area (Å²) in [4.78, 5) is 12.3. The van der Waals surface area contributed by atoms with E-state index in [9.17, 15) is 4.79 Å². The smallest absolute Gasteiger partial charge is 0.344 e. The SMILES string of the molecule is Cc1c2oc3c(c2cc2c1oc(=O)c1ccccc12)CCCC3. The topological polar surface area (TPSA) is 43.4 Å². The zero-order valence-corrected chi connectivity index (χ0v) is 12.9. The molecular weight excluding hydrogens is 288 g/mol. The van der Waals surface area contributed by atoms with E-state index in [1.807, 2.05) is 31.2 Å². The molecule has 3 heteroatoms. The molecule has 0 aliphatic heterocycles. The quantitative estimate of drug-likeness (QED) is 0.343.